The average molecular weight is 319 g/mol. The number of nitrogens with one attached hydrogen (secondary N) is 1. The van der Waals surface area contributed by atoms with Crippen LogP contribution in [0.4, 0.5) is 0 Å². The summed E-state index contributed by atoms with van der Waals surface area (Å²) in [5.41, 5.74) is 1.72. The topological polar surface area (TPSA) is 47.6 Å². The molecular formula is C20H17NO3. The van der Waals surface area contributed by atoms with E-state index in [1.165, 1.54) is 16.3 Å². The summed E-state index contributed by atoms with van der Waals surface area (Å²) in [7, 11) is 0. The Labute approximate surface area is 140 Å². The van der Waals surface area contributed by atoms with Gasteiger partial charge in [-0.15, -0.1) is 0 Å². The van der Waals surface area contributed by atoms with Crippen molar-refractivity contribution in [3.8, 4) is 11.5 Å². The lowest BCUT2D eigenvalue weighted by atomic mass is 10.1. The number of ether oxygens (including phenoxy) is 2. The van der Waals surface area contributed by atoms with Gasteiger partial charge in [0.25, 0.3) is 5.91 Å². The molecule has 0 fully saturated rings. The van der Waals surface area contributed by atoms with Crippen LogP contribution < -0.4 is 14.8 Å². The number of carbonyl (C=O) groups is 1. The number of amides is 1. The molecule has 0 saturated heterocycles. The highest BCUT2D eigenvalue weighted by atomic mass is 16.7. The molecule has 4 nitrogen and oxygen atoms in total. The maximum absolute atomic E-state index is 12.4. The molecule has 1 amide bonds. The molecule has 1 aliphatic rings. The van der Waals surface area contributed by atoms with Crippen LogP contribution in [0.15, 0.2) is 60.7 Å². The maximum Gasteiger partial charge on any atom is 0.255 e. The Kier molecular flexibility index (Phi) is 3.79. The molecule has 4 heteroatoms. The van der Waals surface area contributed by atoms with Crippen LogP contribution >= 0.6 is 0 Å². The second-order valence-corrected chi connectivity index (χ2v) is 5.73. The van der Waals surface area contributed by atoms with E-state index in [1.807, 2.05) is 12.1 Å². The van der Waals surface area contributed by atoms with E-state index in [-0.39, 0.29) is 12.7 Å². The minimum absolute atomic E-state index is 0.141. The van der Waals surface area contributed by atoms with Gasteiger partial charge in [0.2, 0.25) is 6.79 Å². The number of para-hydroxylation sites is 1. The number of rotatable bonds is 4. The Hall–Kier alpha value is -3.01. The van der Waals surface area contributed by atoms with Crippen molar-refractivity contribution in [1.82, 2.24) is 5.32 Å². The molecule has 1 aliphatic heterocycles. The zero-order valence-electron chi connectivity index (χ0n) is 13.1. The second kappa shape index (κ2) is 6.24. The predicted molar refractivity (Wildman–Crippen MR) is 92.6 cm³/mol. The highest BCUT2D eigenvalue weighted by Crippen LogP contribution is 2.35. The number of hydrogen-bond donors (Lipinski definition) is 1. The zero-order chi connectivity index (χ0) is 16.4. The fourth-order valence-corrected chi connectivity index (χ4v) is 2.92. The van der Waals surface area contributed by atoms with Crippen LogP contribution in [0.25, 0.3) is 10.8 Å². The van der Waals surface area contributed by atoms with E-state index in [1.54, 1.807) is 18.2 Å². The predicted octanol–water partition coefficient (Wildman–Crippen LogP) is 3.54. The van der Waals surface area contributed by atoms with Crippen LogP contribution in [0.5, 0.6) is 11.5 Å². The van der Waals surface area contributed by atoms with Gasteiger partial charge in [-0.2, -0.15) is 0 Å². The molecule has 3 aromatic carbocycles. The van der Waals surface area contributed by atoms with Gasteiger partial charge in [-0.05, 0) is 34.9 Å². The molecule has 0 aliphatic carbocycles. The molecule has 0 saturated carbocycles. The first-order valence-corrected chi connectivity index (χ1v) is 7.96. The van der Waals surface area contributed by atoms with Gasteiger partial charge in [-0.25, -0.2) is 0 Å². The van der Waals surface area contributed by atoms with Crippen LogP contribution in [0.2, 0.25) is 0 Å². The largest absolute Gasteiger partial charge is 0.454 e. The van der Waals surface area contributed by atoms with Gasteiger partial charge < -0.3 is 14.8 Å². The number of fused-ring (bicyclic) bond motifs is 2. The van der Waals surface area contributed by atoms with E-state index >= 15 is 0 Å². The van der Waals surface area contributed by atoms with Crippen LogP contribution in [0.3, 0.4) is 0 Å². The number of carbonyl (C=O) groups excluding carboxylic acids is 1. The van der Waals surface area contributed by atoms with Crippen LogP contribution in [-0.2, 0) is 6.42 Å². The third-order valence-corrected chi connectivity index (χ3v) is 4.15. The van der Waals surface area contributed by atoms with E-state index in [9.17, 15) is 4.79 Å². The lowest BCUT2D eigenvalue weighted by Gasteiger charge is -2.08. The molecule has 3 aromatic rings. The Morgan fingerprint density at radius 3 is 2.75 bits per heavy atom. The average Bonchev–Trinajstić information content (AvgIpc) is 3.10. The molecule has 120 valence electrons. The molecule has 0 unspecified atom stereocenters. The smallest absolute Gasteiger partial charge is 0.255 e. The monoisotopic (exact) mass is 319 g/mol. The minimum Gasteiger partial charge on any atom is -0.454 e. The van der Waals surface area contributed by atoms with Gasteiger partial charge in [-0.3, -0.25) is 4.79 Å². The first kappa shape index (κ1) is 14.6. The fourth-order valence-electron chi connectivity index (χ4n) is 2.92. The van der Waals surface area contributed by atoms with Crippen LogP contribution in [0, 0.1) is 0 Å². The summed E-state index contributed by atoms with van der Waals surface area (Å²) in [6.07, 6.45) is 0.781. The van der Waals surface area contributed by atoms with Gasteiger partial charge in [-0.1, -0.05) is 48.5 Å². The van der Waals surface area contributed by atoms with Crippen molar-refractivity contribution >= 4 is 16.7 Å². The molecule has 24 heavy (non-hydrogen) atoms. The van der Waals surface area contributed by atoms with Crippen molar-refractivity contribution in [1.29, 1.82) is 0 Å². The summed E-state index contributed by atoms with van der Waals surface area (Å²) in [6.45, 7) is 0.735. The summed E-state index contributed by atoms with van der Waals surface area (Å²) in [5, 5.41) is 5.39. The second-order valence-electron chi connectivity index (χ2n) is 5.73. The third-order valence-electron chi connectivity index (χ3n) is 4.15. The normalized spacial score (nSPS) is 12.3. The summed E-state index contributed by atoms with van der Waals surface area (Å²) >= 11 is 0. The van der Waals surface area contributed by atoms with Crippen LogP contribution in [0.1, 0.15) is 15.9 Å². The molecule has 0 atom stereocenters. The third kappa shape index (κ3) is 2.78. The first-order valence-electron chi connectivity index (χ1n) is 7.96. The zero-order valence-corrected chi connectivity index (χ0v) is 13.1. The van der Waals surface area contributed by atoms with Crippen molar-refractivity contribution in [2.75, 3.05) is 13.3 Å². The molecule has 1 heterocycles. The lowest BCUT2D eigenvalue weighted by Crippen LogP contribution is -2.26. The Morgan fingerprint density at radius 2 is 1.83 bits per heavy atom. The van der Waals surface area contributed by atoms with Gasteiger partial charge in [0.15, 0.2) is 11.5 Å². The van der Waals surface area contributed by atoms with E-state index in [4.69, 9.17) is 9.47 Å². The highest BCUT2D eigenvalue weighted by molar-refractivity contribution is 5.98. The molecule has 0 spiro atoms. The Balaban J connectivity index is 1.41. The lowest BCUT2D eigenvalue weighted by molar-refractivity contribution is 0.0949. The summed E-state index contributed by atoms with van der Waals surface area (Å²) in [5.74, 6) is 1.01. The van der Waals surface area contributed by atoms with Crippen LogP contribution in [-0.4, -0.2) is 19.2 Å². The number of benzene rings is 3. The fraction of sp³-hybridized carbons (Fsp3) is 0.150. The molecule has 0 aromatic heterocycles. The van der Waals surface area contributed by atoms with E-state index in [0.29, 0.717) is 23.6 Å². The summed E-state index contributed by atoms with van der Waals surface area (Å²) in [6, 6.07) is 20.0. The SMILES string of the molecule is O=C(NCCc1ccc2ccccc2c1)c1cccc2c1OCO2. The molecule has 1 N–H and O–H groups in total. The molecule has 4 rings (SSSR count). The first-order chi connectivity index (χ1) is 11.8. The number of hydrogen-bond acceptors (Lipinski definition) is 3. The van der Waals surface area contributed by atoms with Crippen molar-refractivity contribution in [3.63, 3.8) is 0 Å². The van der Waals surface area contributed by atoms with Crippen molar-refractivity contribution in [2.24, 2.45) is 0 Å². The molecule has 0 bridgehead atoms. The van der Waals surface area contributed by atoms with Crippen molar-refractivity contribution in [3.05, 3.63) is 71.8 Å². The van der Waals surface area contributed by atoms with Crippen molar-refractivity contribution < 1.29 is 14.3 Å². The van der Waals surface area contributed by atoms with Gasteiger partial charge in [0.1, 0.15) is 0 Å². The highest BCUT2D eigenvalue weighted by Gasteiger charge is 2.21. The van der Waals surface area contributed by atoms with Crippen molar-refractivity contribution in [2.45, 2.75) is 6.42 Å². The Bertz CT molecular complexity index is 904. The summed E-state index contributed by atoms with van der Waals surface area (Å²) < 4.78 is 10.7. The van der Waals surface area contributed by atoms with E-state index in [2.05, 4.69) is 35.6 Å². The van der Waals surface area contributed by atoms with Gasteiger partial charge in [0, 0.05) is 6.54 Å². The van der Waals surface area contributed by atoms with E-state index in [0.717, 1.165) is 6.42 Å². The maximum atomic E-state index is 12.4. The standard InChI is InChI=1S/C20H17NO3/c22-20(17-6-3-7-18-19(17)24-13-23-18)21-11-10-14-8-9-15-4-1-2-5-16(15)12-14/h1-9,12H,10-11,13H2,(H,21,22). The summed E-state index contributed by atoms with van der Waals surface area (Å²) in [4.78, 5) is 12.4. The molecular weight excluding hydrogens is 302 g/mol. The molecule has 0 radical (unpaired) electrons. The van der Waals surface area contributed by atoms with E-state index < -0.39 is 0 Å². The minimum atomic E-state index is -0.141. The van der Waals surface area contributed by atoms with Gasteiger partial charge in [0.05, 0.1) is 5.56 Å². The quantitative estimate of drug-likeness (QED) is 0.800. The van der Waals surface area contributed by atoms with Gasteiger partial charge >= 0.3 is 0 Å². The Morgan fingerprint density at radius 1 is 0.958 bits per heavy atom.